The lowest BCUT2D eigenvalue weighted by Gasteiger charge is -2.28. The molecule has 0 aliphatic heterocycles. The van der Waals surface area contributed by atoms with Crippen molar-refractivity contribution in [1.82, 2.24) is 15.1 Å². The molecule has 5 rings (SSSR count). The fraction of sp³-hybridized carbons (Fsp3) is 0.375. The number of halogens is 1. The van der Waals surface area contributed by atoms with E-state index < -0.39 is 0 Å². The molecule has 1 aromatic carbocycles. The van der Waals surface area contributed by atoms with E-state index in [9.17, 15) is 4.39 Å². The highest BCUT2D eigenvalue weighted by Crippen LogP contribution is 2.53. The molecule has 0 radical (unpaired) electrons. The summed E-state index contributed by atoms with van der Waals surface area (Å²) in [6.07, 6.45) is 14.1. The van der Waals surface area contributed by atoms with E-state index in [4.69, 9.17) is 4.52 Å². The molecule has 0 N–H and O–H groups in total. The molecule has 2 aromatic heterocycles. The van der Waals surface area contributed by atoms with Gasteiger partial charge in [-0.25, -0.2) is 4.39 Å². The summed E-state index contributed by atoms with van der Waals surface area (Å²) in [6, 6.07) is 10.6. The first-order valence-corrected chi connectivity index (χ1v) is 10.4. The second-order valence-corrected chi connectivity index (χ2v) is 8.25. The number of rotatable bonds is 4. The average Bonchev–Trinajstić information content (AvgIpc) is 3.40. The molecule has 0 saturated heterocycles. The fourth-order valence-corrected chi connectivity index (χ4v) is 5.26. The smallest absolute Gasteiger partial charge is 0.230 e. The quantitative estimate of drug-likeness (QED) is 0.558. The molecule has 0 amide bonds. The van der Waals surface area contributed by atoms with Crippen LogP contribution in [0.15, 0.2) is 59.5 Å². The lowest BCUT2D eigenvalue weighted by molar-refractivity contribution is 0.247. The number of aromatic nitrogens is 3. The maximum atomic E-state index is 13.5. The summed E-state index contributed by atoms with van der Waals surface area (Å²) in [4.78, 5) is 8.93. The van der Waals surface area contributed by atoms with Crippen LogP contribution in [0.2, 0.25) is 0 Å². The van der Waals surface area contributed by atoms with Crippen LogP contribution >= 0.6 is 0 Å². The van der Waals surface area contributed by atoms with Gasteiger partial charge >= 0.3 is 0 Å². The average molecular weight is 389 g/mol. The van der Waals surface area contributed by atoms with Gasteiger partial charge in [0.25, 0.3) is 0 Å². The van der Waals surface area contributed by atoms with Crippen molar-refractivity contribution in [3.63, 3.8) is 0 Å². The van der Waals surface area contributed by atoms with Crippen molar-refractivity contribution < 1.29 is 8.91 Å². The van der Waals surface area contributed by atoms with Crippen LogP contribution in [0.1, 0.15) is 49.6 Å². The van der Waals surface area contributed by atoms with E-state index in [1.807, 2.05) is 24.4 Å². The molecular weight excluding hydrogens is 365 g/mol. The summed E-state index contributed by atoms with van der Waals surface area (Å²) < 4.78 is 18.9. The van der Waals surface area contributed by atoms with Gasteiger partial charge in [-0.15, -0.1) is 0 Å². The third-order valence-corrected chi connectivity index (χ3v) is 6.61. The van der Waals surface area contributed by atoms with Gasteiger partial charge in [-0.05, 0) is 60.4 Å². The number of hydrogen-bond donors (Lipinski definition) is 0. The molecule has 2 heterocycles. The molecule has 2 aliphatic rings. The number of fused-ring (bicyclic) bond motifs is 1. The maximum Gasteiger partial charge on any atom is 0.230 e. The van der Waals surface area contributed by atoms with E-state index in [0.29, 0.717) is 17.8 Å². The summed E-state index contributed by atoms with van der Waals surface area (Å²) in [7, 11) is 0. The second-order valence-electron chi connectivity index (χ2n) is 8.25. The second kappa shape index (κ2) is 7.90. The van der Waals surface area contributed by atoms with E-state index in [-0.39, 0.29) is 5.82 Å². The predicted octanol–water partition coefficient (Wildman–Crippen LogP) is 5.89. The van der Waals surface area contributed by atoms with Gasteiger partial charge < -0.3 is 4.52 Å². The van der Waals surface area contributed by atoms with Crippen LogP contribution in [-0.2, 0) is 0 Å². The zero-order valence-corrected chi connectivity index (χ0v) is 16.2. The Balaban J connectivity index is 1.37. The Kier molecular flexibility index (Phi) is 4.96. The summed E-state index contributed by atoms with van der Waals surface area (Å²) >= 11 is 0. The van der Waals surface area contributed by atoms with Crippen LogP contribution in [0.3, 0.4) is 0 Å². The third kappa shape index (κ3) is 3.74. The molecule has 2 saturated carbocycles. The minimum Gasteiger partial charge on any atom is -0.339 e. The number of pyridine rings is 1. The number of hydrogen-bond acceptors (Lipinski definition) is 4. The Hall–Kier alpha value is -2.82. The molecule has 4 atom stereocenters. The summed E-state index contributed by atoms with van der Waals surface area (Å²) in [6.45, 7) is 0. The monoisotopic (exact) mass is 389 g/mol. The number of allylic oxidation sites excluding steroid dienone is 1. The zero-order valence-electron chi connectivity index (χ0n) is 16.2. The molecular formula is C24H24FN3O. The van der Waals surface area contributed by atoms with Crippen molar-refractivity contribution in [2.24, 2.45) is 17.8 Å². The van der Waals surface area contributed by atoms with Gasteiger partial charge in [0.15, 0.2) is 6.33 Å². The minimum atomic E-state index is -0.234. The molecule has 0 bridgehead atoms. The van der Waals surface area contributed by atoms with Gasteiger partial charge in [0, 0.05) is 17.7 Å². The minimum absolute atomic E-state index is 0.234. The molecule has 5 heteroatoms. The summed E-state index contributed by atoms with van der Waals surface area (Å²) in [5.74, 6) is 2.67. The fourth-order valence-electron chi connectivity index (χ4n) is 5.26. The van der Waals surface area contributed by atoms with Crippen molar-refractivity contribution in [3.05, 3.63) is 72.4 Å². The highest BCUT2D eigenvalue weighted by molar-refractivity contribution is 5.63. The van der Waals surface area contributed by atoms with Gasteiger partial charge in [0.05, 0.1) is 5.69 Å². The van der Waals surface area contributed by atoms with Crippen LogP contribution < -0.4 is 0 Å². The third-order valence-electron chi connectivity index (χ3n) is 6.61. The van der Waals surface area contributed by atoms with Crippen molar-refractivity contribution in [1.29, 1.82) is 0 Å². The first-order chi connectivity index (χ1) is 14.3. The lowest BCUT2D eigenvalue weighted by Crippen LogP contribution is -2.19. The number of nitrogens with zero attached hydrogens (tertiary/aromatic N) is 3. The van der Waals surface area contributed by atoms with Crippen molar-refractivity contribution in [3.8, 4) is 11.1 Å². The summed E-state index contributed by atoms with van der Waals surface area (Å²) in [5, 5.41) is 3.83. The predicted molar refractivity (Wildman–Crippen MR) is 109 cm³/mol. The first kappa shape index (κ1) is 18.2. The van der Waals surface area contributed by atoms with E-state index in [0.717, 1.165) is 35.1 Å². The Bertz CT molecular complexity index is 984. The molecule has 0 unspecified atom stereocenters. The van der Waals surface area contributed by atoms with Crippen LogP contribution in [-0.4, -0.2) is 15.1 Å². The van der Waals surface area contributed by atoms with Crippen LogP contribution in [0.4, 0.5) is 4.39 Å². The van der Waals surface area contributed by atoms with E-state index in [1.165, 1.54) is 44.1 Å². The molecule has 29 heavy (non-hydrogen) atoms. The Labute approximate surface area is 169 Å². The highest BCUT2D eigenvalue weighted by Gasteiger charge is 2.45. The molecule has 2 aliphatic carbocycles. The van der Waals surface area contributed by atoms with Crippen LogP contribution in [0.25, 0.3) is 17.2 Å². The topological polar surface area (TPSA) is 51.8 Å². The van der Waals surface area contributed by atoms with Crippen LogP contribution in [0, 0.1) is 23.6 Å². The standard InChI is InChI=1S/C24H24FN3O/c25-19-6-3-5-16(12-19)18-8-9-20(26-14-18)10-11-22-21-7-2-1-4-17(21)13-23(22)24-27-15-28-29-24/h3,5-6,8-12,14-15,17,21-23H,1-2,4,7,13H2/b11-10+/t17-,21-,22+,23+/m1/s1. The number of benzene rings is 1. The van der Waals surface area contributed by atoms with Crippen molar-refractivity contribution in [2.45, 2.75) is 38.0 Å². The molecule has 2 fully saturated rings. The molecule has 0 spiro atoms. The van der Waals surface area contributed by atoms with E-state index >= 15 is 0 Å². The first-order valence-electron chi connectivity index (χ1n) is 10.4. The van der Waals surface area contributed by atoms with E-state index in [2.05, 4.69) is 27.3 Å². The van der Waals surface area contributed by atoms with Gasteiger partial charge in [0.2, 0.25) is 5.89 Å². The Morgan fingerprint density at radius 1 is 1.03 bits per heavy atom. The van der Waals surface area contributed by atoms with Gasteiger partial charge in [-0.1, -0.05) is 48.7 Å². The normalized spacial score (nSPS) is 26.7. The maximum absolute atomic E-state index is 13.5. The summed E-state index contributed by atoms with van der Waals surface area (Å²) in [5.41, 5.74) is 2.66. The lowest BCUT2D eigenvalue weighted by atomic mass is 9.77. The van der Waals surface area contributed by atoms with Crippen LogP contribution in [0.5, 0.6) is 0 Å². The zero-order chi connectivity index (χ0) is 19.6. The highest BCUT2D eigenvalue weighted by atomic mass is 19.1. The Morgan fingerprint density at radius 3 is 2.76 bits per heavy atom. The van der Waals surface area contributed by atoms with Gasteiger partial charge in [0.1, 0.15) is 5.82 Å². The largest absolute Gasteiger partial charge is 0.339 e. The van der Waals surface area contributed by atoms with Gasteiger partial charge in [-0.2, -0.15) is 4.98 Å². The molecule has 4 nitrogen and oxygen atoms in total. The molecule has 148 valence electrons. The molecule has 3 aromatic rings. The SMILES string of the molecule is Fc1cccc(-c2ccc(/C=C/[C@H]3[C@@H]4CCCC[C@@H]4C[C@@H]3c3ncno3)nc2)c1. The van der Waals surface area contributed by atoms with Gasteiger partial charge in [-0.3, -0.25) is 4.98 Å². The van der Waals surface area contributed by atoms with Crippen molar-refractivity contribution in [2.75, 3.05) is 0 Å². The Morgan fingerprint density at radius 2 is 1.97 bits per heavy atom. The van der Waals surface area contributed by atoms with E-state index in [1.54, 1.807) is 6.07 Å². The van der Waals surface area contributed by atoms with Crippen molar-refractivity contribution >= 4 is 6.08 Å².